The number of carbonyl (C=O) groups is 1. The quantitative estimate of drug-likeness (QED) is 0.915. The van der Waals surface area contributed by atoms with E-state index in [0.29, 0.717) is 0 Å². The first-order valence-electron chi connectivity index (χ1n) is 6.30. The number of anilines is 1. The van der Waals surface area contributed by atoms with E-state index in [2.05, 4.69) is 13.0 Å². The third-order valence-corrected chi connectivity index (χ3v) is 3.70. The number of nitrogens with two attached hydrogens (primary N) is 1. The van der Waals surface area contributed by atoms with Gasteiger partial charge in [-0.2, -0.15) is 0 Å². The van der Waals surface area contributed by atoms with E-state index in [9.17, 15) is 4.79 Å². The number of nitrogens with zero attached hydrogens (tertiary/aromatic N) is 1. The van der Waals surface area contributed by atoms with Crippen molar-refractivity contribution in [2.75, 3.05) is 11.4 Å². The SMILES string of the molecule is CCC(C)C(N)C(=O)N1CCc2ccccc21.Cl. The van der Waals surface area contributed by atoms with Gasteiger partial charge in [0.15, 0.2) is 0 Å². The molecule has 1 aliphatic rings. The molecule has 2 atom stereocenters. The summed E-state index contributed by atoms with van der Waals surface area (Å²) in [4.78, 5) is 14.1. The number of halogens is 1. The second kappa shape index (κ2) is 6.21. The van der Waals surface area contributed by atoms with Crippen LogP contribution in [0.25, 0.3) is 0 Å². The maximum absolute atomic E-state index is 12.3. The number of benzene rings is 1. The number of carbonyl (C=O) groups excluding carboxylic acids is 1. The molecule has 1 aromatic carbocycles. The summed E-state index contributed by atoms with van der Waals surface area (Å²) in [6.07, 6.45) is 1.87. The molecule has 2 unspecified atom stereocenters. The summed E-state index contributed by atoms with van der Waals surface area (Å²) in [5, 5.41) is 0. The minimum atomic E-state index is -0.383. The molecule has 2 rings (SSSR count). The van der Waals surface area contributed by atoms with Crippen molar-refractivity contribution >= 4 is 24.0 Å². The van der Waals surface area contributed by atoms with Crippen LogP contribution in [0.1, 0.15) is 25.8 Å². The fourth-order valence-electron chi connectivity index (χ4n) is 2.24. The Hall–Kier alpha value is -1.06. The lowest BCUT2D eigenvalue weighted by molar-refractivity contribution is -0.120. The lowest BCUT2D eigenvalue weighted by Crippen LogP contribution is -2.46. The highest BCUT2D eigenvalue weighted by Crippen LogP contribution is 2.28. The van der Waals surface area contributed by atoms with Crippen LogP contribution in [0.3, 0.4) is 0 Å². The van der Waals surface area contributed by atoms with Gasteiger partial charge in [-0.3, -0.25) is 4.79 Å². The fourth-order valence-corrected chi connectivity index (χ4v) is 2.24. The molecule has 1 aromatic rings. The van der Waals surface area contributed by atoms with Gasteiger partial charge in [-0.15, -0.1) is 12.4 Å². The Morgan fingerprint density at radius 3 is 2.78 bits per heavy atom. The van der Waals surface area contributed by atoms with E-state index >= 15 is 0 Å². The Bertz CT molecular complexity index is 422. The summed E-state index contributed by atoms with van der Waals surface area (Å²) in [5.41, 5.74) is 8.30. The van der Waals surface area contributed by atoms with Crippen molar-refractivity contribution < 1.29 is 4.79 Å². The monoisotopic (exact) mass is 268 g/mol. The van der Waals surface area contributed by atoms with Crippen LogP contribution in [-0.2, 0) is 11.2 Å². The van der Waals surface area contributed by atoms with Crippen LogP contribution >= 0.6 is 12.4 Å². The van der Waals surface area contributed by atoms with Crippen LogP contribution in [0.2, 0.25) is 0 Å². The van der Waals surface area contributed by atoms with Crippen LogP contribution in [0, 0.1) is 5.92 Å². The standard InChI is InChI=1S/C14H20N2O.ClH/c1-3-10(2)13(15)14(17)16-9-8-11-6-4-5-7-12(11)16;/h4-7,10,13H,3,8-9,15H2,1-2H3;1H. The van der Waals surface area contributed by atoms with Crippen LogP contribution in [0.4, 0.5) is 5.69 Å². The maximum Gasteiger partial charge on any atom is 0.244 e. The zero-order valence-electron chi connectivity index (χ0n) is 10.9. The summed E-state index contributed by atoms with van der Waals surface area (Å²) in [5.74, 6) is 0.291. The zero-order chi connectivity index (χ0) is 12.4. The highest BCUT2D eigenvalue weighted by atomic mass is 35.5. The third-order valence-electron chi connectivity index (χ3n) is 3.70. The van der Waals surface area contributed by atoms with E-state index < -0.39 is 0 Å². The Kier molecular flexibility index (Phi) is 5.17. The zero-order valence-corrected chi connectivity index (χ0v) is 11.7. The summed E-state index contributed by atoms with van der Waals surface area (Å²) in [6, 6.07) is 7.69. The van der Waals surface area contributed by atoms with Crippen molar-refractivity contribution in [2.45, 2.75) is 32.7 Å². The smallest absolute Gasteiger partial charge is 0.244 e. The van der Waals surface area contributed by atoms with Crippen LogP contribution in [-0.4, -0.2) is 18.5 Å². The number of amides is 1. The van der Waals surface area contributed by atoms with Crippen molar-refractivity contribution in [1.82, 2.24) is 0 Å². The topological polar surface area (TPSA) is 46.3 Å². The molecule has 0 aromatic heterocycles. The molecule has 0 spiro atoms. The minimum absolute atomic E-state index is 0. The molecular weight excluding hydrogens is 248 g/mol. The molecule has 2 N–H and O–H groups in total. The number of hydrogen-bond donors (Lipinski definition) is 1. The van der Waals surface area contributed by atoms with Crippen molar-refractivity contribution in [3.63, 3.8) is 0 Å². The lowest BCUT2D eigenvalue weighted by atomic mass is 9.99. The average molecular weight is 269 g/mol. The molecule has 3 nitrogen and oxygen atoms in total. The number of fused-ring (bicyclic) bond motifs is 1. The summed E-state index contributed by atoms with van der Waals surface area (Å²) < 4.78 is 0. The second-order valence-electron chi connectivity index (χ2n) is 4.78. The predicted octanol–water partition coefficient (Wildman–Crippen LogP) is 2.37. The van der Waals surface area contributed by atoms with Crippen LogP contribution < -0.4 is 10.6 Å². The first kappa shape index (κ1) is 15.0. The van der Waals surface area contributed by atoms with E-state index in [1.165, 1.54) is 5.56 Å². The van der Waals surface area contributed by atoms with Gasteiger partial charge in [0.2, 0.25) is 5.91 Å². The van der Waals surface area contributed by atoms with Crippen molar-refractivity contribution in [2.24, 2.45) is 11.7 Å². The normalized spacial score (nSPS) is 16.7. The van der Waals surface area contributed by atoms with Gasteiger partial charge in [-0.1, -0.05) is 38.5 Å². The molecule has 1 heterocycles. The van der Waals surface area contributed by atoms with E-state index in [1.807, 2.05) is 30.0 Å². The molecule has 0 fully saturated rings. The van der Waals surface area contributed by atoms with Gasteiger partial charge < -0.3 is 10.6 Å². The average Bonchev–Trinajstić information content (AvgIpc) is 2.79. The van der Waals surface area contributed by atoms with Crippen molar-refractivity contribution in [3.05, 3.63) is 29.8 Å². The Labute approximate surface area is 115 Å². The third kappa shape index (κ3) is 2.68. The van der Waals surface area contributed by atoms with Gasteiger partial charge in [0.1, 0.15) is 0 Å². The van der Waals surface area contributed by atoms with Gasteiger partial charge in [-0.25, -0.2) is 0 Å². The van der Waals surface area contributed by atoms with Crippen molar-refractivity contribution in [3.8, 4) is 0 Å². The first-order chi connectivity index (χ1) is 8.15. The minimum Gasteiger partial charge on any atom is -0.320 e. The van der Waals surface area contributed by atoms with E-state index in [4.69, 9.17) is 5.73 Å². The molecule has 1 aliphatic heterocycles. The highest BCUT2D eigenvalue weighted by Gasteiger charge is 2.29. The van der Waals surface area contributed by atoms with E-state index in [1.54, 1.807) is 0 Å². The molecule has 4 heteroatoms. The maximum atomic E-state index is 12.3. The Morgan fingerprint density at radius 2 is 2.11 bits per heavy atom. The number of hydrogen-bond acceptors (Lipinski definition) is 2. The predicted molar refractivity (Wildman–Crippen MR) is 77.2 cm³/mol. The molecule has 1 amide bonds. The number of rotatable bonds is 3. The first-order valence-corrected chi connectivity index (χ1v) is 6.30. The van der Waals surface area contributed by atoms with Gasteiger partial charge in [-0.05, 0) is 24.0 Å². The van der Waals surface area contributed by atoms with Crippen LogP contribution in [0.5, 0.6) is 0 Å². The van der Waals surface area contributed by atoms with E-state index in [-0.39, 0.29) is 30.3 Å². The molecule has 0 radical (unpaired) electrons. The molecular formula is C14H21ClN2O. The molecule has 0 aliphatic carbocycles. The second-order valence-corrected chi connectivity index (χ2v) is 4.78. The number of para-hydroxylation sites is 1. The van der Waals surface area contributed by atoms with Crippen molar-refractivity contribution in [1.29, 1.82) is 0 Å². The van der Waals surface area contributed by atoms with E-state index in [0.717, 1.165) is 25.1 Å². The molecule has 18 heavy (non-hydrogen) atoms. The summed E-state index contributed by atoms with van der Waals surface area (Å²) in [7, 11) is 0. The molecule has 0 bridgehead atoms. The van der Waals surface area contributed by atoms with Gasteiger partial charge >= 0.3 is 0 Å². The molecule has 0 saturated heterocycles. The van der Waals surface area contributed by atoms with Gasteiger partial charge in [0.25, 0.3) is 0 Å². The Morgan fingerprint density at radius 1 is 1.44 bits per heavy atom. The lowest BCUT2D eigenvalue weighted by Gasteiger charge is -2.24. The summed E-state index contributed by atoms with van der Waals surface area (Å²) >= 11 is 0. The Balaban J connectivity index is 0.00000162. The molecule has 100 valence electrons. The summed E-state index contributed by atoms with van der Waals surface area (Å²) in [6.45, 7) is 4.86. The van der Waals surface area contributed by atoms with Gasteiger partial charge in [0, 0.05) is 12.2 Å². The van der Waals surface area contributed by atoms with Gasteiger partial charge in [0.05, 0.1) is 6.04 Å². The fraction of sp³-hybridized carbons (Fsp3) is 0.500. The van der Waals surface area contributed by atoms with Crippen LogP contribution in [0.15, 0.2) is 24.3 Å². The molecule has 0 saturated carbocycles. The largest absolute Gasteiger partial charge is 0.320 e. The highest BCUT2D eigenvalue weighted by molar-refractivity contribution is 5.99.